The summed E-state index contributed by atoms with van der Waals surface area (Å²) < 4.78 is 78.8. The minimum absolute atomic E-state index is 0.354. The second-order valence-electron chi connectivity index (χ2n) is 2.46. The Morgan fingerprint density at radius 1 is 1.00 bits per heavy atom. The molecular formula is C6H3Cl2F7. The van der Waals surface area contributed by atoms with Crippen molar-refractivity contribution in [2.24, 2.45) is 0 Å². The lowest BCUT2D eigenvalue weighted by Crippen LogP contribution is -2.33. The Hall–Kier alpha value is -0.170. The Bertz CT molecular complexity index is 249. The van der Waals surface area contributed by atoms with Crippen molar-refractivity contribution >= 4 is 23.2 Å². The number of allylic oxidation sites excluding steroid dienone is 2. The van der Waals surface area contributed by atoms with Crippen molar-refractivity contribution in [2.75, 3.05) is 0 Å². The molecule has 0 rings (SSSR count). The van der Waals surface area contributed by atoms with E-state index < -0.39 is 28.9 Å². The van der Waals surface area contributed by atoms with Crippen LogP contribution in [0.25, 0.3) is 0 Å². The lowest BCUT2D eigenvalue weighted by molar-refractivity contribution is -0.141. The van der Waals surface area contributed by atoms with Gasteiger partial charge in [0.15, 0.2) is 5.83 Å². The van der Waals surface area contributed by atoms with Crippen LogP contribution in [0, 0.1) is 0 Å². The first kappa shape index (κ1) is 14.8. The highest BCUT2D eigenvalue weighted by Gasteiger charge is 2.52. The van der Waals surface area contributed by atoms with Gasteiger partial charge in [-0.2, -0.15) is 26.3 Å². The molecule has 15 heavy (non-hydrogen) atoms. The molecule has 0 N–H and O–H groups in total. The molecule has 0 aliphatic carbocycles. The van der Waals surface area contributed by atoms with E-state index in [9.17, 15) is 30.7 Å². The first-order valence-corrected chi connectivity index (χ1v) is 4.01. The van der Waals surface area contributed by atoms with E-state index in [-0.39, 0.29) is 6.08 Å². The molecule has 0 heterocycles. The molecule has 0 radical (unpaired) electrons. The molecule has 90 valence electrons. The molecule has 0 aromatic rings. The summed E-state index contributed by atoms with van der Waals surface area (Å²) in [6, 6.07) is 0. The highest BCUT2D eigenvalue weighted by Crippen LogP contribution is 2.43. The quantitative estimate of drug-likeness (QED) is 0.514. The van der Waals surface area contributed by atoms with E-state index in [1.54, 1.807) is 0 Å². The lowest BCUT2D eigenvalue weighted by Gasteiger charge is -2.21. The van der Waals surface area contributed by atoms with Gasteiger partial charge < -0.3 is 0 Å². The number of rotatable bonds is 2. The van der Waals surface area contributed by atoms with E-state index in [1.807, 2.05) is 0 Å². The number of alkyl halides is 8. The molecule has 0 bridgehead atoms. The summed E-state index contributed by atoms with van der Waals surface area (Å²) >= 11 is 9.34. The summed E-state index contributed by atoms with van der Waals surface area (Å²) in [5, 5.41) is 0. The first-order valence-electron chi connectivity index (χ1n) is 3.25. The van der Waals surface area contributed by atoms with Crippen LogP contribution in [0.15, 0.2) is 11.9 Å². The summed E-state index contributed by atoms with van der Waals surface area (Å²) in [7, 11) is 0. The zero-order valence-corrected chi connectivity index (χ0v) is 8.20. The second kappa shape index (κ2) is 4.37. The maximum absolute atomic E-state index is 12.1. The van der Waals surface area contributed by atoms with Crippen LogP contribution in [-0.4, -0.2) is 16.7 Å². The molecule has 0 saturated carbocycles. The molecule has 9 heteroatoms. The van der Waals surface area contributed by atoms with Crippen LogP contribution in [0.3, 0.4) is 0 Å². The van der Waals surface area contributed by atoms with Crippen molar-refractivity contribution in [3.8, 4) is 0 Å². The maximum atomic E-state index is 12.1. The Kier molecular flexibility index (Phi) is 4.32. The fraction of sp³-hybridized carbons (Fsp3) is 0.667. The van der Waals surface area contributed by atoms with Gasteiger partial charge in [-0.15, -0.1) is 0 Å². The predicted octanol–water partition coefficient (Wildman–Crippen LogP) is 4.53. The van der Waals surface area contributed by atoms with E-state index in [0.29, 0.717) is 0 Å². The van der Waals surface area contributed by atoms with Crippen molar-refractivity contribution in [3.63, 3.8) is 0 Å². The number of hydrogen-bond acceptors (Lipinski definition) is 0. The average Bonchev–Trinajstić information content (AvgIpc) is 1.96. The van der Waals surface area contributed by atoms with Gasteiger partial charge in [-0.25, -0.2) is 4.39 Å². The minimum Gasteiger partial charge on any atom is -0.202 e. The molecule has 0 spiro atoms. The van der Waals surface area contributed by atoms with Crippen molar-refractivity contribution in [3.05, 3.63) is 11.9 Å². The van der Waals surface area contributed by atoms with Gasteiger partial charge in [0.2, 0.25) is 4.33 Å². The molecule has 0 fully saturated rings. The maximum Gasteiger partial charge on any atom is 0.442 e. The normalized spacial score (nSPS) is 15.7. The summed E-state index contributed by atoms with van der Waals surface area (Å²) in [6.07, 6.45) is -12.4. The van der Waals surface area contributed by atoms with Gasteiger partial charge in [-0.05, 0) is 6.08 Å². The van der Waals surface area contributed by atoms with Crippen LogP contribution in [0.5, 0.6) is 0 Å². The Balaban J connectivity index is 4.65. The smallest absolute Gasteiger partial charge is 0.202 e. The molecule has 0 aromatic heterocycles. The largest absolute Gasteiger partial charge is 0.442 e. The third-order valence-electron chi connectivity index (χ3n) is 1.22. The van der Waals surface area contributed by atoms with E-state index in [4.69, 9.17) is 0 Å². The standard InChI is InChI=1S/C6H3Cl2F7/c7-4(8,6(13,14)15)2-1-3(9)5(10,11)12/h1H,2H2. The highest BCUT2D eigenvalue weighted by atomic mass is 35.5. The fourth-order valence-corrected chi connectivity index (χ4v) is 0.604. The van der Waals surface area contributed by atoms with Crippen LogP contribution in [0.1, 0.15) is 6.42 Å². The molecule has 0 aromatic carbocycles. The van der Waals surface area contributed by atoms with Crippen molar-refractivity contribution in [2.45, 2.75) is 23.1 Å². The van der Waals surface area contributed by atoms with Crippen molar-refractivity contribution in [1.29, 1.82) is 0 Å². The second-order valence-corrected chi connectivity index (χ2v) is 3.94. The van der Waals surface area contributed by atoms with Gasteiger partial charge in [-0.1, -0.05) is 23.2 Å². The van der Waals surface area contributed by atoms with Crippen molar-refractivity contribution < 1.29 is 30.7 Å². The minimum atomic E-state index is -5.34. The summed E-state index contributed by atoms with van der Waals surface area (Å²) in [5.74, 6) is -2.67. The third-order valence-corrected chi connectivity index (χ3v) is 1.96. The SMILES string of the molecule is FC(=CCC(Cl)(Cl)C(F)(F)F)C(F)(F)F. The zero-order chi connectivity index (χ0) is 12.5. The summed E-state index contributed by atoms with van der Waals surface area (Å²) in [4.78, 5) is 0. The summed E-state index contributed by atoms with van der Waals surface area (Å²) in [5.41, 5.74) is 0. The Morgan fingerprint density at radius 3 is 1.67 bits per heavy atom. The molecule has 0 amide bonds. The third kappa shape index (κ3) is 4.46. The van der Waals surface area contributed by atoms with Gasteiger partial charge >= 0.3 is 12.4 Å². The van der Waals surface area contributed by atoms with Crippen LogP contribution in [-0.2, 0) is 0 Å². The van der Waals surface area contributed by atoms with E-state index >= 15 is 0 Å². The van der Waals surface area contributed by atoms with Gasteiger partial charge in [-0.3, -0.25) is 0 Å². The fourth-order valence-electron chi connectivity index (χ4n) is 0.449. The predicted molar refractivity (Wildman–Crippen MR) is 40.4 cm³/mol. The molecule has 0 saturated heterocycles. The molecule has 0 aliphatic rings. The van der Waals surface area contributed by atoms with Crippen LogP contribution in [0.4, 0.5) is 30.7 Å². The monoisotopic (exact) mass is 278 g/mol. The van der Waals surface area contributed by atoms with Crippen LogP contribution < -0.4 is 0 Å². The van der Waals surface area contributed by atoms with Crippen LogP contribution in [0.2, 0.25) is 0 Å². The van der Waals surface area contributed by atoms with Crippen molar-refractivity contribution in [1.82, 2.24) is 0 Å². The molecule has 0 nitrogen and oxygen atoms in total. The van der Waals surface area contributed by atoms with Gasteiger partial charge in [0.25, 0.3) is 0 Å². The van der Waals surface area contributed by atoms with E-state index in [1.165, 1.54) is 0 Å². The lowest BCUT2D eigenvalue weighted by atomic mass is 10.2. The van der Waals surface area contributed by atoms with Gasteiger partial charge in [0.1, 0.15) is 0 Å². The number of halogens is 9. The topological polar surface area (TPSA) is 0 Å². The molecular weight excluding hydrogens is 276 g/mol. The van der Waals surface area contributed by atoms with E-state index in [2.05, 4.69) is 23.2 Å². The van der Waals surface area contributed by atoms with Crippen LogP contribution >= 0.6 is 23.2 Å². The number of hydrogen-bond donors (Lipinski definition) is 0. The molecule has 0 atom stereocenters. The molecule has 0 unspecified atom stereocenters. The highest BCUT2D eigenvalue weighted by molar-refractivity contribution is 6.49. The summed E-state index contributed by atoms with van der Waals surface area (Å²) in [6.45, 7) is 0. The van der Waals surface area contributed by atoms with Gasteiger partial charge in [0.05, 0.1) is 0 Å². The zero-order valence-electron chi connectivity index (χ0n) is 6.69. The Morgan fingerprint density at radius 2 is 1.40 bits per heavy atom. The Labute approximate surface area is 89.6 Å². The first-order chi connectivity index (χ1) is 6.38. The molecule has 0 aliphatic heterocycles. The van der Waals surface area contributed by atoms with Gasteiger partial charge in [0, 0.05) is 6.42 Å². The van der Waals surface area contributed by atoms with E-state index in [0.717, 1.165) is 0 Å². The average molecular weight is 279 g/mol.